The van der Waals surface area contributed by atoms with Gasteiger partial charge in [-0.05, 0) is 31.0 Å². The van der Waals surface area contributed by atoms with Crippen LogP contribution in [0.4, 0.5) is 0 Å². The Balaban J connectivity index is 0.00000264. The Labute approximate surface area is 143 Å². The molecule has 1 aliphatic rings. The fourth-order valence-electron chi connectivity index (χ4n) is 2.92. The number of methoxy groups -OCH3 is 3. The van der Waals surface area contributed by atoms with Crippen molar-refractivity contribution in [2.24, 2.45) is 5.73 Å². The van der Waals surface area contributed by atoms with E-state index in [2.05, 4.69) is 0 Å². The molecular formula is C16H25ClN2O4. The zero-order chi connectivity index (χ0) is 16.1. The molecule has 7 heteroatoms. The highest BCUT2D eigenvalue weighted by Crippen LogP contribution is 2.39. The minimum atomic E-state index is -0.637. The van der Waals surface area contributed by atoms with Crippen molar-refractivity contribution in [3.63, 3.8) is 0 Å². The van der Waals surface area contributed by atoms with Crippen LogP contribution in [0.2, 0.25) is 0 Å². The molecule has 0 aromatic heterocycles. The molecule has 2 atom stereocenters. The standard InChI is InChI=1S/C16H24N2O4.ClH/c1-20-10-13(17)16(19)18-8-4-5-14(18)12-9-11(21-2)6-7-15(12)22-3;/h6-7,9,13-14H,4-5,8,10,17H2,1-3H3;1H. The fourth-order valence-corrected chi connectivity index (χ4v) is 2.92. The summed E-state index contributed by atoms with van der Waals surface area (Å²) in [5, 5.41) is 0. The third-order valence-corrected chi connectivity index (χ3v) is 4.00. The van der Waals surface area contributed by atoms with Crippen LogP contribution in [0.5, 0.6) is 11.5 Å². The van der Waals surface area contributed by atoms with Crippen LogP contribution in [0.3, 0.4) is 0 Å². The number of rotatable bonds is 6. The lowest BCUT2D eigenvalue weighted by Gasteiger charge is -2.28. The summed E-state index contributed by atoms with van der Waals surface area (Å²) in [5.41, 5.74) is 6.86. The number of hydrogen-bond donors (Lipinski definition) is 1. The Hall–Kier alpha value is -1.50. The second-order valence-corrected chi connectivity index (χ2v) is 5.36. The van der Waals surface area contributed by atoms with E-state index in [4.69, 9.17) is 19.9 Å². The first kappa shape index (κ1) is 19.5. The van der Waals surface area contributed by atoms with Crippen LogP contribution in [0.1, 0.15) is 24.4 Å². The van der Waals surface area contributed by atoms with Gasteiger partial charge in [0.1, 0.15) is 17.5 Å². The van der Waals surface area contributed by atoms with Gasteiger partial charge in [-0.2, -0.15) is 0 Å². The van der Waals surface area contributed by atoms with Crippen LogP contribution in [0.25, 0.3) is 0 Å². The minimum absolute atomic E-state index is 0. The Bertz CT molecular complexity index is 527. The SMILES string of the molecule is COCC(N)C(=O)N1CCCC1c1cc(OC)ccc1OC.Cl. The average Bonchev–Trinajstić information content (AvgIpc) is 3.03. The first-order chi connectivity index (χ1) is 10.6. The van der Waals surface area contributed by atoms with Crippen LogP contribution in [0.15, 0.2) is 18.2 Å². The number of hydrogen-bond acceptors (Lipinski definition) is 5. The molecule has 0 spiro atoms. The van der Waals surface area contributed by atoms with Gasteiger partial charge in [0.05, 0.1) is 26.9 Å². The van der Waals surface area contributed by atoms with E-state index in [9.17, 15) is 4.79 Å². The lowest BCUT2D eigenvalue weighted by Crippen LogP contribution is -2.45. The summed E-state index contributed by atoms with van der Waals surface area (Å²) < 4.78 is 15.7. The molecule has 0 radical (unpaired) electrons. The summed E-state index contributed by atoms with van der Waals surface area (Å²) >= 11 is 0. The van der Waals surface area contributed by atoms with E-state index in [1.54, 1.807) is 21.3 Å². The molecule has 1 fully saturated rings. The first-order valence-electron chi connectivity index (χ1n) is 7.39. The highest BCUT2D eigenvalue weighted by atomic mass is 35.5. The molecule has 130 valence electrons. The van der Waals surface area contributed by atoms with Crippen molar-refractivity contribution in [2.75, 3.05) is 34.5 Å². The van der Waals surface area contributed by atoms with E-state index < -0.39 is 6.04 Å². The van der Waals surface area contributed by atoms with Gasteiger partial charge in [-0.15, -0.1) is 12.4 Å². The summed E-state index contributed by atoms with van der Waals surface area (Å²) in [7, 11) is 4.79. The van der Waals surface area contributed by atoms with Gasteiger partial charge >= 0.3 is 0 Å². The minimum Gasteiger partial charge on any atom is -0.497 e. The number of carbonyl (C=O) groups excluding carboxylic acids is 1. The molecule has 0 saturated carbocycles. The zero-order valence-electron chi connectivity index (χ0n) is 13.8. The monoisotopic (exact) mass is 344 g/mol. The fraction of sp³-hybridized carbons (Fsp3) is 0.562. The number of amides is 1. The Kier molecular flexibility index (Phi) is 7.61. The zero-order valence-corrected chi connectivity index (χ0v) is 14.6. The van der Waals surface area contributed by atoms with Crippen molar-refractivity contribution >= 4 is 18.3 Å². The van der Waals surface area contributed by atoms with Crippen LogP contribution < -0.4 is 15.2 Å². The first-order valence-corrected chi connectivity index (χ1v) is 7.39. The molecule has 1 amide bonds. The highest BCUT2D eigenvalue weighted by Gasteiger charge is 2.34. The van der Waals surface area contributed by atoms with E-state index in [1.807, 2.05) is 23.1 Å². The number of carbonyl (C=O) groups is 1. The molecule has 2 unspecified atom stereocenters. The van der Waals surface area contributed by atoms with Crippen LogP contribution in [-0.2, 0) is 9.53 Å². The van der Waals surface area contributed by atoms with E-state index in [1.165, 1.54) is 0 Å². The lowest BCUT2D eigenvalue weighted by atomic mass is 10.0. The van der Waals surface area contributed by atoms with Gasteiger partial charge in [-0.25, -0.2) is 0 Å². The molecule has 1 aliphatic heterocycles. The summed E-state index contributed by atoms with van der Waals surface area (Å²) in [6.45, 7) is 0.915. The van der Waals surface area contributed by atoms with Gasteiger partial charge in [-0.3, -0.25) is 4.79 Å². The van der Waals surface area contributed by atoms with E-state index >= 15 is 0 Å². The van der Waals surface area contributed by atoms with Gasteiger partial charge in [0, 0.05) is 19.2 Å². The van der Waals surface area contributed by atoms with Crippen LogP contribution >= 0.6 is 12.4 Å². The number of halogens is 1. The van der Waals surface area contributed by atoms with Crippen molar-refractivity contribution < 1.29 is 19.0 Å². The van der Waals surface area contributed by atoms with E-state index in [-0.39, 0.29) is 31.0 Å². The Morgan fingerprint density at radius 2 is 2.09 bits per heavy atom. The third kappa shape index (κ3) is 4.28. The van der Waals surface area contributed by atoms with Gasteiger partial charge in [0.25, 0.3) is 0 Å². The smallest absolute Gasteiger partial charge is 0.242 e. The predicted molar refractivity (Wildman–Crippen MR) is 90.3 cm³/mol. The van der Waals surface area contributed by atoms with Crippen LogP contribution in [-0.4, -0.2) is 51.3 Å². The maximum atomic E-state index is 12.5. The summed E-state index contributed by atoms with van der Waals surface area (Å²) in [5.74, 6) is 1.41. The molecule has 1 aromatic carbocycles. The van der Waals surface area contributed by atoms with Crippen molar-refractivity contribution in [1.29, 1.82) is 0 Å². The summed E-state index contributed by atoms with van der Waals surface area (Å²) in [6.07, 6.45) is 1.82. The second-order valence-electron chi connectivity index (χ2n) is 5.36. The molecule has 2 N–H and O–H groups in total. The molecule has 2 rings (SSSR count). The van der Waals surface area contributed by atoms with Crippen molar-refractivity contribution in [2.45, 2.75) is 24.9 Å². The van der Waals surface area contributed by atoms with E-state index in [0.717, 1.165) is 29.9 Å². The van der Waals surface area contributed by atoms with Gasteiger partial charge < -0.3 is 24.8 Å². The van der Waals surface area contributed by atoms with Crippen molar-refractivity contribution in [1.82, 2.24) is 4.90 Å². The molecule has 0 aliphatic carbocycles. The Morgan fingerprint density at radius 1 is 1.35 bits per heavy atom. The molecule has 1 heterocycles. The summed E-state index contributed by atoms with van der Waals surface area (Å²) in [4.78, 5) is 14.3. The number of nitrogens with two attached hydrogens (primary N) is 1. The summed E-state index contributed by atoms with van der Waals surface area (Å²) in [6, 6.07) is 4.96. The van der Waals surface area contributed by atoms with Gasteiger partial charge in [-0.1, -0.05) is 0 Å². The van der Waals surface area contributed by atoms with Crippen molar-refractivity contribution in [3.05, 3.63) is 23.8 Å². The van der Waals surface area contributed by atoms with Gasteiger partial charge in [0.2, 0.25) is 5.91 Å². The normalized spacial score (nSPS) is 18.3. The highest BCUT2D eigenvalue weighted by molar-refractivity contribution is 5.85. The maximum Gasteiger partial charge on any atom is 0.242 e. The molecule has 23 heavy (non-hydrogen) atoms. The number of likely N-dealkylation sites (tertiary alicyclic amines) is 1. The van der Waals surface area contributed by atoms with Gasteiger partial charge in [0.15, 0.2) is 0 Å². The average molecular weight is 345 g/mol. The number of nitrogens with zero attached hydrogens (tertiary/aromatic N) is 1. The second kappa shape index (κ2) is 8.96. The molecule has 1 saturated heterocycles. The predicted octanol–water partition coefficient (Wildman–Crippen LogP) is 1.76. The Morgan fingerprint density at radius 3 is 2.70 bits per heavy atom. The number of ether oxygens (including phenoxy) is 3. The molecular weight excluding hydrogens is 320 g/mol. The maximum absolute atomic E-state index is 12.5. The van der Waals surface area contributed by atoms with Crippen molar-refractivity contribution in [3.8, 4) is 11.5 Å². The largest absolute Gasteiger partial charge is 0.497 e. The van der Waals surface area contributed by atoms with E-state index in [0.29, 0.717) is 6.54 Å². The van der Waals surface area contributed by atoms with Crippen LogP contribution in [0, 0.1) is 0 Å². The quantitative estimate of drug-likeness (QED) is 0.851. The molecule has 6 nitrogen and oxygen atoms in total. The molecule has 0 bridgehead atoms. The molecule has 1 aromatic rings. The topological polar surface area (TPSA) is 74.0 Å². The number of benzene rings is 1. The lowest BCUT2D eigenvalue weighted by molar-refractivity contribution is -0.134. The third-order valence-electron chi connectivity index (χ3n) is 4.00.